The largest absolute Gasteiger partial charge is 0.392 e. The van der Waals surface area contributed by atoms with Crippen LogP contribution in [0.25, 0.3) is 0 Å². The van der Waals surface area contributed by atoms with E-state index in [-0.39, 0.29) is 24.8 Å². The second-order valence-electron chi connectivity index (χ2n) is 5.10. The van der Waals surface area contributed by atoms with Crippen molar-refractivity contribution in [2.75, 3.05) is 13.2 Å². The van der Waals surface area contributed by atoms with Crippen LogP contribution in [-0.2, 0) is 17.8 Å². The number of hydrogen-bond acceptors (Lipinski definition) is 3. The zero-order chi connectivity index (χ0) is 14.4. The first-order valence-electron chi connectivity index (χ1n) is 7.03. The molecule has 0 aromatic heterocycles. The highest BCUT2D eigenvalue weighted by molar-refractivity contribution is 5.74. The molecule has 2 rings (SSSR count). The van der Waals surface area contributed by atoms with Crippen molar-refractivity contribution < 1.29 is 14.6 Å². The van der Waals surface area contributed by atoms with Crippen molar-refractivity contribution in [2.45, 2.75) is 38.5 Å². The van der Waals surface area contributed by atoms with Gasteiger partial charge in [-0.05, 0) is 30.9 Å². The van der Waals surface area contributed by atoms with Crippen LogP contribution in [-0.4, -0.2) is 36.4 Å². The van der Waals surface area contributed by atoms with E-state index in [0.717, 1.165) is 24.0 Å². The lowest BCUT2D eigenvalue weighted by Crippen LogP contribution is -2.45. The van der Waals surface area contributed by atoms with Gasteiger partial charge < -0.3 is 20.5 Å². The number of nitrogens with one attached hydrogen (secondary N) is 2. The van der Waals surface area contributed by atoms with Gasteiger partial charge in [0.15, 0.2) is 0 Å². The molecule has 5 heteroatoms. The molecule has 0 bridgehead atoms. The molecule has 2 atom stereocenters. The van der Waals surface area contributed by atoms with E-state index in [4.69, 9.17) is 9.84 Å². The summed E-state index contributed by atoms with van der Waals surface area (Å²) < 4.78 is 5.40. The molecule has 2 amide bonds. The first-order chi connectivity index (χ1) is 9.69. The van der Waals surface area contributed by atoms with Crippen molar-refractivity contribution in [3.8, 4) is 0 Å². The van der Waals surface area contributed by atoms with E-state index >= 15 is 0 Å². The number of rotatable bonds is 5. The van der Waals surface area contributed by atoms with Crippen LogP contribution in [0.4, 0.5) is 4.79 Å². The summed E-state index contributed by atoms with van der Waals surface area (Å²) in [6.45, 7) is 3.33. The molecular formula is C15H22N2O3. The van der Waals surface area contributed by atoms with E-state index < -0.39 is 0 Å². The third kappa shape index (κ3) is 4.21. The van der Waals surface area contributed by atoms with Crippen LogP contribution in [0.5, 0.6) is 0 Å². The normalized spacial score (nSPS) is 21.7. The Balaban J connectivity index is 1.68. The van der Waals surface area contributed by atoms with Crippen LogP contribution >= 0.6 is 0 Å². The van der Waals surface area contributed by atoms with Crippen molar-refractivity contribution in [2.24, 2.45) is 0 Å². The maximum atomic E-state index is 11.7. The lowest BCUT2D eigenvalue weighted by atomic mass is 10.1. The van der Waals surface area contributed by atoms with Crippen molar-refractivity contribution in [3.05, 3.63) is 35.4 Å². The van der Waals surface area contributed by atoms with Crippen LogP contribution < -0.4 is 10.6 Å². The zero-order valence-corrected chi connectivity index (χ0v) is 11.8. The third-order valence-electron chi connectivity index (χ3n) is 3.60. The van der Waals surface area contributed by atoms with Gasteiger partial charge in [-0.2, -0.15) is 0 Å². The van der Waals surface area contributed by atoms with Gasteiger partial charge >= 0.3 is 6.03 Å². The van der Waals surface area contributed by atoms with E-state index in [2.05, 4.69) is 10.6 Å². The van der Waals surface area contributed by atoms with Crippen LogP contribution in [0.3, 0.4) is 0 Å². The van der Waals surface area contributed by atoms with Crippen molar-refractivity contribution >= 4 is 6.03 Å². The van der Waals surface area contributed by atoms with Gasteiger partial charge in [0.25, 0.3) is 0 Å². The summed E-state index contributed by atoms with van der Waals surface area (Å²) in [6, 6.07) is 7.70. The molecule has 2 unspecified atom stereocenters. The maximum absolute atomic E-state index is 11.7. The lowest BCUT2D eigenvalue weighted by Gasteiger charge is -2.16. The van der Waals surface area contributed by atoms with Crippen molar-refractivity contribution in [1.29, 1.82) is 0 Å². The average molecular weight is 278 g/mol. The van der Waals surface area contributed by atoms with E-state index in [1.165, 1.54) is 0 Å². The second kappa shape index (κ2) is 7.26. The summed E-state index contributed by atoms with van der Waals surface area (Å²) in [5.41, 5.74) is 2.04. The maximum Gasteiger partial charge on any atom is 0.315 e. The van der Waals surface area contributed by atoms with Crippen LogP contribution in [0.15, 0.2) is 24.3 Å². The van der Waals surface area contributed by atoms with Crippen LogP contribution in [0.2, 0.25) is 0 Å². The Kier molecular flexibility index (Phi) is 5.38. The van der Waals surface area contributed by atoms with Gasteiger partial charge in [0, 0.05) is 13.2 Å². The topological polar surface area (TPSA) is 70.6 Å². The number of aliphatic hydroxyl groups excluding tert-OH is 1. The lowest BCUT2D eigenvalue weighted by molar-refractivity contribution is 0.114. The highest BCUT2D eigenvalue weighted by atomic mass is 16.5. The Hall–Kier alpha value is -1.59. The Bertz CT molecular complexity index is 433. The predicted octanol–water partition coefficient (Wildman–Crippen LogP) is 1.20. The Morgan fingerprint density at radius 1 is 1.35 bits per heavy atom. The molecule has 1 aliphatic heterocycles. The number of ether oxygens (including phenoxy) is 1. The molecule has 1 aromatic rings. The highest BCUT2D eigenvalue weighted by Gasteiger charge is 2.25. The van der Waals surface area contributed by atoms with Gasteiger partial charge in [-0.15, -0.1) is 0 Å². The van der Waals surface area contributed by atoms with Gasteiger partial charge in [0.1, 0.15) is 0 Å². The summed E-state index contributed by atoms with van der Waals surface area (Å²) in [6.07, 6.45) is 1.74. The highest BCUT2D eigenvalue weighted by Crippen LogP contribution is 2.12. The monoisotopic (exact) mass is 278 g/mol. The fourth-order valence-electron chi connectivity index (χ4n) is 2.27. The van der Waals surface area contributed by atoms with E-state index in [9.17, 15) is 4.79 Å². The molecule has 1 heterocycles. The summed E-state index contributed by atoms with van der Waals surface area (Å²) in [4.78, 5) is 11.7. The Labute approximate surface area is 119 Å². The fourth-order valence-corrected chi connectivity index (χ4v) is 2.27. The molecule has 1 saturated heterocycles. The smallest absolute Gasteiger partial charge is 0.315 e. The molecule has 0 spiro atoms. The fraction of sp³-hybridized carbons (Fsp3) is 0.533. The molecule has 3 N–H and O–H groups in total. The minimum absolute atomic E-state index is 0.0581. The molecule has 1 fully saturated rings. The van der Waals surface area contributed by atoms with Crippen molar-refractivity contribution in [1.82, 2.24) is 10.6 Å². The number of carbonyl (C=O) groups is 1. The molecule has 110 valence electrons. The van der Waals surface area contributed by atoms with Crippen molar-refractivity contribution in [3.63, 3.8) is 0 Å². The van der Waals surface area contributed by atoms with Gasteiger partial charge in [0.2, 0.25) is 0 Å². The minimum Gasteiger partial charge on any atom is -0.392 e. The first-order valence-corrected chi connectivity index (χ1v) is 7.03. The molecule has 0 saturated carbocycles. The number of aliphatic hydroxyl groups is 1. The molecule has 1 aromatic carbocycles. The second-order valence-corrected chi connectivity index (χ2v) is 5.10. The SMILES string of the molecule is CC1OCCC1NC(=O)NCCc1ccc(CO)cc1. The third-order valence-corrected chi connectivity index (χ3v) is 3.60. The molecule has 20 heavy (non-hydrogen) atoms. The predicted molar refractivity (Wildman–Crippen MR) is 76.4 cm³/mol. The number of amides is 2. The van der Waals surface area contributed by atoms with Gasteiger partial charge in [-0.3, -0.25) is 0 Å². The van der Waals surface area contributed by atoms with Crippen LogP contribution in [0, 0.1) is 0 Å². The summed E-state index contributed by atoms with van der Waals surface area (Å²) in [5.74, 6) is 0. The number of benzene rings is 1. The van der Waals surface area contributed by atoms with Gasteiger partial charge in [-0.25, -0.2) is 4.79 Å². The average Bonchev–Trinajstić information content (AvgIpc) is 2.85. The number of hydrogen-bond donors (Lipinski definition) is 3. The Morgan fingerprint density at radius 2 is 2.05 bits per heavy atom. The molecule has 0 radical (unpaired) electrons. The summed E-state index contributed by atoms with van der Waals surface area (Å²) in [5, 5.41) is 14.7. The first kappa shape index (κ1) is 14.8. The molecule has 0 aliphatic carbocycles. The molecular weight excluding hydrogens is 256 g/mol. The van der Waals surface area contributed by atoms with E-state index in [1.807, 2.05) is 31.2 Å². The summed E-state index contributed by atoms with van der Waals surface area (Å²) in [7, 11) is 0. The molecule has 1 aliphatic rings. The zero-order valence-electron chi connectivity index (χ0n) is 11.8. The number of urea groups is 1. The minimum atomic E-state index is -0.140. The quantitative estimate of drug-likeness (QED) is 0.758. The van der Waals surface area contributed by atoms with E-state index in [1.54, 1.807) is 0 Å². The van der Waals surface area contributed by atoms with Gasteiger partial charge in [0.05, 0.1) is 18.8 Å². The molecule has 5 nitrogen and oxygen atoms in total. The van der Waals surface area contributed by atoms with Gasteiger partial charge in [-0.1, -0.05) is 24.3 Å². The summed E-state index contributed by atoms with van der Waals surface area (Å²) >= 11 is 0. The number of carbonyl (C=O) groups excluding carboxylic acids is 1. The Morgan fingerprint density at radius 3 is 2.65 bits per heavy atom. The van der Waals surface area contributed by atoms with E-state index in [0.29, 0.717) is 13.2 Å². The standard InChI is InChI=1S/C15H22N2O3/c1-11-14(7-9-20-11)17-15(19)16-8-6-12-2-4-13(10-18)5-3-12/h2-5,11,14,18H,6-10H2,1H3,(H2,16,17,19). The van der Waals surface area contributed by atoms with Crippen LogP contribution in [0.1, 0.15) is 24.5 Å².